The standard InChI is InChI=1S/C17H23ClN2O2/c1-4-7-19-8-10-20(11-9-19)17(21)14(3)22-16-6-5-15(18)12-13(16)2/h4-6,12,14H,1,7-11H2,2-3H3/t14-/m1/s1. The molecule has 2 rings (SSSR count). The molecule has 1 heterocycles. The summed E-state index contributed by atoms with van der Waals surface area (Å²) in [6.45, 7) is 11.6. The molecule has 0 aliphatic carbocycles. The van der Waals surface area contributed by atoms with Crippen molar-refractivity contribution < 1.29 is 9.53 Å². The lowest BCUT2D eigenvalue weighted by Crippen LogP contribution is -2.51. The van der Waals surface area contributed by atoms with Crippen LogP contribution in [0.15, 0.2) is 30.9 Å². The molecule has 1 aliphatic rings. The Hall–Kier alpha value is -1.52. The molecule has 1 aromatic carbocycles. The van der Waals surface area contributed by atoms with Crippen LogP contribution in [0.3, 0.4) is 0 Å². The fourth-order valence-electron chi connectivity index (χ4n) is 2.58. The third kappa shape index (κ3) is 4.24. The van der Waals surface area contributed by atoms with E-state index in [1.165, 1.54) is 0 Å². The Kier molecular flexibility index (Phi) is 5.86. The number of aryl methyl sites for hydroxylation is 1. The predicted octanol–water partition coefficient (Wildman–Crippen LogP) is 2.75. The van der Waals surface area contributed by atoms with Gasteiger partial charge in [-0.1, -0.05) is 17.7 Å². The lowest BCUT2D eigenvalue weighted by atomic mass is 10.2. The quantitative estimate of drug-likeness (QED) is 0.781. The van der Waals surface area contributed by atoms with Crippen LogP contribution < -0.4 is 4.74 Å². The number of piperazine rings is 1. The second-order valence-electron chi connectivity index (χ2n) is 5.58. The van der Waals surface area contributed by atoms with Gasteiger partial charge in [0.2, 0.25) is 0 Å². The van der Waals surface area contributed by atoms with Gasteiger partial charge in [0.1, 0.15) is 5.75 Å². The lowest BCUT2D eigenvalue weighted by molar-refractivity contribution is -0.139. The molecule has 0 saturated carbocycles. The summed E-state index contributed by atoms with van der Waals surface area (Å²) in [5.41, 5.74) is 0.933. The summed E-state index contributed by atoms with van der Waals surface area (Å²) in [5.74, 6) is 0.739. The Morgan fingerprint density at radius 3 is 2.68 bits per heavy atom. The van der Waals surface area contributed by atoms with Crippen LogP contribution in [0.1, 0.15) is 12.5 Å². The van der Waals surface area contributed by atoms with Crippen molar-refractivity contribution in [2.24, 2.45) is 0 Å². The van der Waals surface area contributed by atoms with Crippen LogP contribution in [0.4, 0.5) is 0 Å². The first-order chi connectivity index (χ1) is 10.5. The van der Waals surface area contributed by atoms with Crippen LogP contribution in [0.5, 0.6) is 5.75 Å². The fourth-order valence-corrected chi connectivity index (χ4v) is 2.80. The maximum absolute atomic E-state index is 12.5. The van der Waals surface area contributed by atoms with Gasteiger partial charge in [0.25, 0.3) is 5.91 Å². The number of carbonyl (C=O) groups excluding carboxylic acids is 1. The largest absolute Gasteiger partial charge is 0.481 e. The van der Waals surface area contributed by atoms with E-state index in [-0.39, 0.29) is 5.91 Å². The molecule has 1 atom stereocenters. The molecule has 1 amide bonds. The van der Waals surface area contributed by atoms with Crippen molar-refractivity contribution in [1.29, 1.82) is 0 Å². The van der Waals surface area contributed by atoms with Gasteiger partial charge in [-0.3, -0.25) is 9.69 Å². The van der Waals surface area contributed by atoms with Crippen molar-refractivity contribution in [2.45, 2.75) is 20.0 Å². The van der Waals surface area contributed by atoms with E-state index >= 15 is 0 Å². The molecule has 0 spiro atoms. The number of benzene rings is 1. The third-order valence-electron chi connectivity index (χ3n) is 3.86. The van der Waals surface area contributed by atoms with Gasteiger partial charge in [0.05, 0.1) is 0 Å². The molecule has 4 nitrogen and oxygen atoms in total. The van der Waals surface area contributed by atoms with E-state index in [0.717, 1.165) is 38.3 Å². The monoisotopic (exact) mass is 322 g/mol. The highest BCUT2D eigenvalue weighted by Gasteiger charge is 2.25. The fraction of sp³-hybridized carbons (Fsp3) is 0.471. The van der Waals surface area contributed by atoms with Gasteiger partial charge >= 0.3 is 0 Å². The second-order valence-corrected chi connectivity index (χ2v) is 6.02. The number of nitrogens with zero attached hydrogens (tertiary/aromatic N) is 2. The Morgan fingerprint density at radius 2 is 2.09 bits per heavy atom. The minimum Gasteiger partial charge on any atom is -0.481 e. The van der Waals surface area contributed by atoms with E-state index in [1.807, 2.05) is 30.0 Å². The lowest BCUT2D eigenvalue weighted by Gasteiger charge is -2.35. The molecule has 0 unspecified atom stereocenters. The highest BCUT2D eigenvalue weighted by atomic mass is 35.5. The summed E-state index contributed by atoms with van der Waals surface area (Å²) < 4.78 is 5.81. The summed E-state index contributed by atoms with van der Waals surface area (Å²) in [7, 11) is 0. The number of hydrogen-bond acceptors (Lipinski definition) is 3. The maximum Gasteiger partial charge on any atom is 0.263 e. The Bertz CT molecular complexity index is 539. The first-order valence-corrected chi connectivity index (χ1v) is 7.94. The van der Waals surface area contributed by atoms with E-state index in [2.05, 4.69) is 11.5 Å². The topological polar surface area (TPSA) is 32.8 Å². The van der Waals surface area contributed by atoms with Gasteiger partial charge < -0.3 is 9.64 Å². The van der Waals surface area contributed by atoms with Gasteiger partial charge in [-0.15, -0.1) is 6.58 Å². The molecule has 0 bridgehead atoms. The number of ether oxygens (including phenoxy) is 1. The molecule has 120 valence electrons. The summed E-state index contributed by atoms with van der Waals surface area (Å²) >= 11 is 5.93. The van der Waals surface area contributed by atoms with Crippen LogP contribution in [-0.2, 0) is 4.79 Å². The summed E-state index contributed by atoms with van der Waals surface area (Å²) in [6, 6.07) is 5.42. The van der Waals surface area contributed by atoms with Crippen molar-refractivity contribution in [3.63, 3.8) is 0 Å². The van der Waals surface area contributed by atoms with Gasteiger partial charge in [0.15, 0.2) is 6.10 Å². The zero-order valence-corrected chi connectivity index (χ0v) is 14.0. The van der Waals surface area contributed by atoms with Gasteiger partial charge in [-0.25, -0.2) is 0 Å². The number of carbonyl (C=O) groups is 1. The number of hydrogen-bond donors (Lipinski definition) is 0. The molecular weight excluding hydrogens is 300 g/mol. The van der Waals surface area contributed by atoms with Crippen molar-refractivity contribution in [1.82, 2.24) is 9.80 Å². The van der Waals surface area contributed by atoms with E-state index < -0.39 is 6.10 Å². The third-order valence-corrected chi connectivity index (χ3v) is 4.09. The molecule has 5 heteroatoms. The first kappa shape index (κ1) is 16.8. The van der Waals surface area contributed by atoms with Gasteiger partial charge in [-0.2, -0.15) is 0 Å². The molecular formula is C17H23ClN2O2. The first-order valence-electron chi connectivity index (χ1n) is 7.56. The number of amides is 1. The average Bonchev–Trinajstić information content (AvgIpc) is 2.50. The summed E-state index contributed by atoms with van der Waals surface area (Å²) in [6.07, 6.45) is 1.40. The van der Waals surface area contributed by atoms with Crippen LogP contribution in [0.25, 0.3) is 0 Å². The Labute approximate surface area is 137 Å². The highest BCUT2D eigenvalue weighted by Crippen LogP contribution is 2.23. The Balaban J connectivity index is 1.91. The second kappa shape index (κ2) is 7.65. The van der Waals surface area contributed by atoms with E-state index in [0.29, 0.717) is 10.8 Å². The predicted molar refractivity (Wildman–Crippen MR) is 89.5 cm³/mol. The van der Waals surface area contributed by atoms with Crippen molar-refractivity contribution in [3.8, 4) is 5.75 Å². The van der Waals surface area contributed by atoms with Crippen molar-refractivity contribution in [2.75, 3.05) is 32.7 Å². The number of rotatable bonds is 5. The molecule has 1 fully saturated rings. The normalized spacial score (nSPS) is 17.1. The van der Waals surface area contributed by atoms with Crippen LogP contribution in [0, 0.1) is 6.92 Å². The molecule has 0 aromatic heterocycles. The minimum absolute atomic E-state index is 0.0348. The van der Waals surface area contributed by atoms with E-state index in [9.17, 15) is 4.79 Å². The van der Waals surface area contributed by atoms with Gasteiger partial charge in [0, 0.05) is 37.7 Å². The smallest absolute Gasteiger partial charge is 0.263 e. The number of halogens is 1. The average molecular weight is 323 g/mol. The van der Waals surface area contributed by atoms with Crippen LogP contribution >= 0.6 is 11.6 Å². The Morgan fingerprint density at radius 1 is 1.41 bits per heavy atom. The maximum atomic E-state index is 12.5. The zero-order chi connectivity index (χ0) is 16.1. The summed E-state index contributed by atoms with van der Waals surface area (Å²) in [5, 5.41) is 0.669. The molecule has 22 heavy (non-hydrogen) atoms. The van der Waals surface area contributed by atoms with Crippen molar-refractivity contribution >= 4 is 17.5 Å². The molecule has 1 aromatic rings. The van der Waals surface area contributed by atoms with Crippen LogP contribution in [0.2, 0.25) is 5.02 Å². The zero-order valence-electron chi connectivity index (χ0n) is 13.2. The van der Waals surface area contributed by atoms with Crippen LogP contribution in [-0.4, -0.2) is 54.5 Å². The SMILES string of the molecule is C=CCN1CCN(C(=O)[C@@H](C)Oc2ccc(Cl)cc2C)CC1. The van der Waals surface area contributed by atoms with Gasteiger partial charge in [-0.05, 0) is 37.6 Å². The molecule has 1 aliphatic heterocycles. The van der Waals surface area contributed by atoms with Crippen molar-refractivity contribution in [3.05, 3.63) is 41.4 Å². The van der Waals surface area contributed by atoms with E-state index in [1.54, 1.807) is 13.0 Å². The van der Waals surface area contributed by atoms with E-state index in [4.69, 9.17) is 16.3 Å². The molecule has 0 radical (unpaired) electrons. The highest BCUT2D eigenvalue weighted by molar-refractivity contribution is 6.30. The minimum atomic E-state index is -0.495. The molecule has 1 saturated heterocycles. The molecule has 0 N–H and O–H groups in total. The summed E-state index contributed by atoms with van der Waals surface area (Å²) in [4.78, 5) is 16.6.